The third-order valence-corrected chi connectivity index (χ3v) is 8.27. The van der Waals surface area contributed by atoms with Gasteiger partial charge in [0.1, 0.15) is 23.6 Å². The summed E-state index contributed by atoms with van der Waals surface area (Å²) in [6.07, 6.45) is 4.00. The van der Waals surface area contributed by atoms with Crippen molar-refractivity contribution in [3.63, 3.8) is 0 Å². The Morgan fingerprint density at radius 3 is 2.45 bits per heavy atom. The van der Waals surface area contributed by atoms with Crippen LogP contribution in [0.5, 0.6) is 0 Å². The molecule has 2 aromatic heterocycles. The molecule has 0 aliphatic heterocycles. The van der Waals surface area contributed by atoms with E-state index in [-0.39, 0.29) is 30.8 Å². The number of rotatable bonds is 18. The summed E-state index contributed by atoms with van der Waals surface area (Å²) in [6.45, 7) is 5.74. The number of unbranched alkanes of at least 4 members (excludes halogenated alkanes) is 3. The van der Waals surface area contributed by atoms with Crippen LogP contribution in [-0.4, -0.2) is 70.5 Å². The van der Waals surface area contributed by atoms with Gasteiger partial charge in [0.05, 0.1) is 30.6 Å². The second kappa shape index (κ2) is 20.2. The molecule has 0 radical (unpaired) electrons. The van der Waals surface area contributed by atoms with E-state index >= 15 is 0 Å². The molecular weight excluding hydrogens is 682 g/mol. The van der Waals surface area contributed by atoms with E-state index < -0.39 is 25.0 Å². The molecule has 0 aliphatic rings. The van der Waals surface area contributed by atoms with Crippen LogP contribution in [0.2, 0.25) is 0 Å². The van der Waals surface area contributed by atoms with Crippen LogP contribution in [0, 0.1) is 0 Å². The minimum Gasteiger partial charge on any atom is -0.448 e. The number of hydrogen-bond donors (Lipinski definition) is 2. The average Bonchev–Trinajstić information content (AvgIpc) is 3.48. The minimum absolute atomic E-state index is 0.0407. The summed E-state index contributed by atoms with van der Waals surface area (Å²) in [7, 11) is 1.89. The normalized spacial score (nSPS) is 11.8. The molecule has 0 bridgehead atoms. The first-order valence-corrected chi connectivity index (χ1v) is 17.6. The number of nitrogens with one attached hydrogen (secondary N) is 1. The highest BCUT2D eigenvalue weighted by molar-refractivity contribution is 6.07. The van der Waals surface area contributed by atoms with Crippen molar-refractivity contribution in [3.05, 3.63) is 83.8 Å². The maximum atomic E-state index is 13.8. The molecule has 0 saturated heterocycles. The van der Waals surface area contributed by atoms with E-state index in [2.05, 4.69) is 22.2 Å². The number of esters is 1. The molecule has 0 saturated carbocycles. The molecule has 4 aromatic rings. The van der Waals surface area contributed by atoms with Crippen LogP contribution >= 0.6 is 0 Å². The molecule has 2 heterocycles. The molecule has 0 fully saturated rings. The Kier molecular flexibility index (Phi) is 15.1. The van der Waals surface area contributed by atoms with E-state index in [1.807, 2.05) is 36.7 Å². The maximum absolute atomic E-state index is 13.8. The lowest BCUT2D eigenvalue weighted by Gasteiger charge is -2.21. The van der Waals surface area contributed by atoms with Crippen molar-refractivity contribution in [1.82, 2.24) is 14.5 Å². The number of amides is 2. The van der Waals surface area contributed by atoms with Crippen molar-refractivity contribution < 1.29 is 38.1 Å². The fourth-order valence-corrected chi connectivity index (χ4v) is 5.05. The number of carbonyl (C=O) groups excluding carboxylic acids is 4. The standard InChI is InChI=1S/C38H47N7O8/c1-5-7-8-11-22-50-37(48)43-35(39)27-13-16-29(17-14-27)41-24-33-42-30-23-28(15-18-31(30)44(33)4)36(47)45(32-12-9-10-20-40-32)21-19-34(46)51-25-52-38(49)53-26(3)6-2/h9-10,12-18,20,23,26,41H,5-8,11,19,21-22,24-25H2,1-4H3,(H2,39,43,48). The lowest BCUT2D eigenvalue weighted by molar-refractivity contribution is -0.153. The molecule has 4 rings (SSSR count). The first-order valence-electron chi connectivity index (χ1n) is 17.6. The number of aliphatic imine (C=N–C) groups is 1. The van der Waals surface area contributed by atoms with Gasteiger partial charge in [-0.05, 0) is 74.4 Å². The van der Waals surface area contributed by atoms with Gasteiger partial charge in [0.25, 0.3) is 5.91 Å². The molecule has 0 spiro atoms. The quantitative estimate of drug-likeness (QED) is 0.0283. The number of carbonyl (C=O) groups is 4. The van der Waals surface area contributed by atoms with Gasteiger partial charge in [0, 0.05) is 36.6 Å². The molecule has 15 heteroatoms. The van der Waals surface area contributed by atoms with Crippen molar-refractivity contribution >= 4 is 52.5 Å². The largest absolute Gasteiger partial charge is 0.511 e. The summed E-state index contributed by atoms with van der Waals surface area (Å²) in [5.41, 5.74) is 9.18. The lowest BCUT2D eigenvalue weighted by atomic mass is 10.1. The number of ether oxygens (including phenoxy) is 4. The number of amidine groups is 1. The summed E-state index contributed by atoms with van der Waals surface area (Å²) in [5.74, 6) is 0.0765. The second-order valence-corrected chi connectivity index (χ2v) is 12.2. The van der Waals surface area contributed by atoms with Crippen LogP contribution in [0.4, 0.5) is 21.1 Å². The van der Waals surface area contributed by atoms with Crippen LogP contribution in [-0.2, 0) is 37.3 Å². The van der Waals surface area contributed by atoms with Crippen LogP contribution in [0.25, 0.3) is 11.0 Å². The molecule has 3 N–H and O–H groups in total. The summed E-state index contributed by atoms with van der Waals surface area (Å²) in [6, 6.07) is 17.5. The van der Waals surface area contributed by atoms with E-state index in [1.165, 1.54) is 4.90 Å². The summed E-state index contributed by atoms with van der Waals surface area (Å²) >= 11 is 0. The molecule has 1 atom stereocenters. The van der Waals surface area contributed by atoms with Crippen molar-refractivity contribution in [1.29, 1.82) is 0 Å². The zero-order valence-electron chi connectivity index (χ0n) is 30.6. The number of fused-ring (bicyclic) bond motifs is 1. The number of aromatic nitrogens is 3. The monoisotopic (exact) mass is 729 g/mol. The number of anilines is 2. The van der Waals surface area contributed by atoms with Crippen molar-refractivity contribution in [2.24, 2.45) is 17.8 Å². The first kappa shape index (κ1) is 39.8. The number of benzene rings is 2. The van der Waals surface area contributed by atoms with Gasteiger partial charge in [-0.15, -0.1) is 0 Å². The van der Waals surface area contributed by atoms with Crippen molar-refractivity contribution in [2.75, 3.05) is 30.2 Å². The fraction of sp³-hybridized carbons (Fsp3) is 0.395. The van der Waals surface area contributed by atoms with Gasteiger partial charge >= 0.3 is 18.2 Å². The van der Waals surface area contributed by atoms with Crippen LogP contribution in [0.1, 0.15) is 81.0 Å². The number of nitrogens with two attached hydrogens (primary N) is 1. The Morgan fingerprint density at radius 1 is 0.962 bits per heavy atom. The highest BCUT2D eigenvalue weighted by atomic mass is 16.8. The molecule has 2 amide bonds. The predicted octanol–water partition coefficient (Wildman–Crippen LogP) is 6.49. The molecule has 15 nitrogen and oxygen atoms in total. The second-order valence-electron chi connectivity index (χ2n) is 12.2. The van der Waals surface area contributed by atoms with Crippen LogP contribution in [0.15, 0.2) is 71.9 Å². The Labute approximate surface area is 308 Å². The highest BCUT2D eigenvalue weighted by Crippen LogP contribution is 2.21. The van der Waals surface area contributed by atoms with Gasteiger partial charge < -0.3 is 34.6 Å². The zero-order chi connectivity index (χ0) is 38.2. The van der Waals surface area contributed by atoms with Crippen molar-refractivity contribution in [2.45, 2.75) is 71.9 Å². The molecule has 2 aromatic carbocycles. The molecule has 53 heavy (non-hydrogen) atoms. The number of imidazole rings is 1. The van der Waals surface area contributed by atoms with Gasteiger partial charge in [0.2, 0.25) is 6.79 Å². The van der Waals surface area contributed by atoms with E-state index in [4.69, 9.17) is 29.7 Å². The van der Waals surface area contributed by atoms with Gasteiger partial charge in [-0.2, -0.15) is 4.99 Å². The highest BCUT2D eigenvalue weighted by Gasteiger charge is 2.22. The van der Waals surface area contributed by atoms with E-state index in [9.17, 15) is 19.2 Å². The third-order valence-electron chi connectivity index (χ3n) is 8.27. The molecule has 0 aliphatic carbocycles. The molecular formula is C38H47N7O8. The Balaban J connectivity index is 1.36. The van der Waals surface area contributed by atoms with Crippen LogP contribution in [0.3, 0.4) is 0 Å². The van der Waals surface area contributed by atoms with Gasteiger partial charge in [-0.3, -0.25) is 14.5 Å². The smallest absolute Gasteiger partial charge is 0.448 e. The predicted molar refractivity (Wildman–Crippen MR) is 200 cm³/mol. The number of pyridine rings is 1. The SMILES string of the molecule is CCCCCCOC(=O)/N=C(/N)c1ccc(NCc2nc3cc(C(=O)N(CCC(=O)OCOC(=O)OC(C)CC)c4ccccn4)ccc3n2C)cc1. The fourth-order valence-electron chi connectivity index (χ4n) is 5.05. The summed E-state index contributed by atoms with van der Waals surface area (Å²) in [4.78, 5) is 64.3. The van der Waals surface area contributed by atoms with Gasteiger partial charge in [-0.1, -0.05) is 39.2 Å². The lowest BCUT2D eigenvalue weighted by Crippen LogP contribution is -2.34. The number of hydrogen-bond acceptors (Lipinski definition) is 11. The summed E-state index contributed by atoms with van der Waals surface area (Å²) in [5, 5.41) is 3.33. The summed E-state index contributed by atoms with van der Waals surface area (Å²) < 4.78 is 21.9. The van der Waals surface area contributed by atoms with Crippen molar-refractivity contribution in [3.8, 4) is 0 Å². The van der Waals surface area contributed by atoms with E-state index in [0.717, 1.165) is 42.7 Å². The molecule has 1 unspecified atom stereocenters. The van der Waals surface area contributed by atoms with E-state index in [0.29, 0.717) is 42.0 Å². The van der Waals surface area contributed by atoms with Gasteiger partial charge in [0.15, 0.2) is 0 Å². The third kappa shape index (κ3) is 12.0. The van der Waals surface area contributed by atoms with Crippen LogP contribution < -0.4 is 16.0 Å². The zero-order valence-corrected chi connectivity index (χ0v) is 30.6. The van der Waals surface area contributed by atoms with Gasteiger partial charge in [-0.25, -0.2) is 19.6 Å². The maximum Gasteiger partial charge on any atom is 0.511 e. The average molecular weight is 730 g/mol. The Bertz CT molecular complexity index is 1860. The minimum atomic E-state index is -0.934. The number of aryl methyl sites for hydroxylation is 1. The molecule has 282 valence electrons. The first-order chi connectivity index (χ1) is 25.6. The Hall–Kier alpha value is -5.99. The van der Waals surface area contributed by atoms with E-state index in [1.54, 1.807) is 55.6 Å². The number of nitrogens with zero attached hydrogens (tertiary/aromatic N) is 5. The Morgan fingerprint density at radius 2 is 1.74 bits per heavy atom. The topological polar surface area (TPSA) is 190 Å².